The minimum Gasteiger partial charge on any atom is -0.378 e. The molecule has 0 saturated carbocycles. The van der Waals surface area contributed by atoms with Crippen LogP contribution in [0.1, 0.15) is 18.9 Å². The van der Waals surface area contributed by atoms with Crippen LogP contribution < -0.4 is 0 Å². The Balaban J connectivity index is 2.05. The summed E-state index contributed by atoms with van der Waals surface area (Å²) in [6, 6.07) is 5.70. The summed E-state index contributed by atoms with van der Waals surface area (Å²) in [7, 11) is 0. The van der Waals surface area contributed by atoms with E-state index in [1.54, 1.807) is 0 Å². The molecule has 1 aliphatic rings. The SMILES string of the molecule is CC[C@H]1COCCN1Cc1ccc(F)c(Br)c1. The van der Waals surface area contributed by atoms with Crippen molar-refractivity contribution in [3.8, 4) is 0 Å². The highest BCUT2D eigenvalue weighted by atomic mass is 79.9. The van der Waals surface area contributed by atoms with Gasteiger partial charge in [0.05, 0.1) is 17.7 Å². The van der Waals surface area contributed by atoms with E-state index >= 15 is 0 Å². The lowest BCUT2D eigenvalue weighted by Crippen LogP contribution is -2.44. The van der Waals surface area contributed by atoms with Crippen molar-refractivity contribution in [3.63, 3.8) is 0 Å². The van der Waals surface area contributed by atoms with Crippen LogP contribution >= 0.6 is 15.9 Å². The van der Waals surface area contributed by atoms with Gasteiger partial charge in [-0.05, 0) is 40.0 Å². The molecule has 1 aromatic carbocycles. The fraction of sp³-hybridized carbons (Fsp3) is 0.538. The quantitative estimate of drug-likeness (QED) is 0.850. The fourth-order valence-electron chi connectivity index (χ4n) is 2.15. The van der Waals surface area contributed by atoms with Gasteiger partial charge in [-0.3, -0.25) is 4.90 Å². The molecule has 1 aromatic rings. The first-order chi connectivity index (χ1) is 8.20. The summed E-state index contributed by atoms with van der Waals surface area (Å²) in [5, 5.41) is 0. The molecule has 1 fully saturated rings. The lowest BCUT2D eigenvalue weighted by molar-refractivity contribution is -0.0127. The van der Waals surface area contributed by atoms with Crippen LogP contribution in [0, 0.1) is 5.82 Å². The van der Waals surface area contributed by atoms with Crippen molar-refractivity contribution in [2.45, 2.75) is 25.9 Å². The smallest absolute Gasteiger partial charge is 0.137 e. The van der Waals surface area contributed by atoms with Crippen LogP contribution in [0.4, 0.5) is 4.39 Å². The van der Waals surface area contributed by atoms with Crippen LogP contribution in [0.3, 0.4) is 0 Å². The summed E-state index contributed by atoms with van der Waals surface area (Å²) >= 11 is 3.22. The number of nitrogens with zero attached hydrogens (tertiary/aromatic N) is 1. The van der Waals surface area contributed by atoms with E-state index in [0.29, 0.717) is 10.5 Å². The van der Waals surface area contributed by atoms with E-state index in [0.717, 1.165) is 38.3 Å². The molecule has 1 saturated heterocycles. The summed E-state index contributed by atoms with van der Waals surface area (Å²) in [6.07, 6.45) is 1.09. The average Bonchev–Trinajstić information content (AvgIpc) is 2.34. The van der Waals surface area contributed by atoms with Crippen LogP contribution in [0.2, 0.25) is 0 Å². The first-order valence-corrected chi connectivity index (χ1v) is 6.75. The zero-order valence-corrected chi connectivity index (χ0v) is 11.5. The standard InChI is InChI=1S/C13H17BrFNO/c1-2-11-9-17-6-5-16(11)8-10-3-4-13(15)12(14)7-10/h3-4,7,11H,2,5-6,8-9H2,1H3/t11-/m0/s1. The molecule has 0 radical (unpaired) electrons. The number of rotatable bonds is 3. The second-order valence-corrected chi connectivity index (χ2v) is 5.21. The Kier molecular flexibility index (Phi) is 4.54. The van der Waals surface area contributed by atoms with E-state index in [4.69, 9.17) is 4.74 Å². The van der Waals surface area contributed by atoms with Gasteiger partial charge in [-0.1, -0.05) is 13.0 Å². The van der Waals surface area contributed by atoms with Gasteiger partial charge in [0.15, 0.2) is 0 Å². The Morgan fingerprint density at radius 2 is 2.35 bits per heavy atom. The first-order valence-electron chi connectivity index (χ1n) is 5.96. The van der Waals surface area contributed by atoms with Crippen molar-refractivity contribution < 1.29 is 9.13 Å². The van der Waals surface area contributed by atoms with E-state index in [1.165, 1.54) is 6.07 Å². The predicted octanol–water partition coefficient (Wildman–Crippen LogP) is 3.20. The minimum atomic E-state index is -0.206. The van der Waals surface area contributed by atoms with Gasteiger partial charge in [0, 0.05) is 19.1 Å². The van der Waals surface area contributed by atoms with Gasteiger partial charge >= 0.3 is 0 Å². The molecule has 0 N–H and O–H groups in total. The average molecular weight is 302 g/mol. The molecule has 0 aliphatic carbocycles. The number of ether oxygens (including phenoxy) is 1. The van der Waals surface area contributed by atoms with Gasteiger partial charge in [-0.25, -0.2) is 4.39 Å². The van der Waals surface area contributed by atoms with E-state index < -0.39 is 0 Å². The van der Waals surface area contributed by atoms with Crippen LogP contribution in [0.15, 0.2) is 22.7 Å². The molecule has 0 aromatic heterocycles. The minimum absolute atomic E-state index is 0.206. The van der Waals surface area contributed by atoms with Crippen LogP contribution in [0.5, 0.6) is 0 Å². The largest absolute Gasteiger partial charge is 0.378 e. The number of morpholine rings is 1. The van der Waals surface area contributed by atoms with E-state index in [2.05, 4.69) is 27.8 Å². The molecule has 0 amide bonds. The number of hydrogen-bond acceptors (Lipinski definition) is 2. The highest BCUT2D eigenvalue weighted by Gasteiger charge is 2.21. The van der Waals surface area contributed by atoms with Crippen molar-refractivity contribution in [2.75, 3.05) is 19.8 Å². The molecule has 1 atom stereocenters. The van der Waals surface area contributed by atoms with Crippen molar-refractivity contribution in [1.29, 1.82) is 0 Å². The Morgan fingerprint density at radius 3 is 3.06 bits per heavy atom. The maximum absolute atomic E-state index is 13.1. The highest BCUT2D eigenvalue weighted by Crippen LogP contribution is 2.20. The normalized spacial score (nSPS) is 21.7. The van der Waals surface area contributed by atoms with Crippen LogP contribution in [0.25, 0.3) is 0 Å². The molecule has 2 nitrogen and oxygen atoms in total. The lowest BCUT2D eigenvalue weighted by atomic mass is 10.1. The molecule has 0 bridgehead atoms. The van der Waals surface area contributed by atoms with E-state index in [1.807, 2.05) is 12.1 Å². The van der Waals surface area contributed by atoms with Crippen molar-refractivity contribution in [1.82, 2.24) is 4.90 Å². The third kappa shape index (κ3) is 3.27. The summed E-state index contributed by atoms with van der Waals surface area (Å²) in [6.45, 7) is 5.58. The van der Waals surface area contributed by atoms with Gasteiger partial charge in [0.25, 0.3) is 0 Å². The Labute approximate surface area is 110 Å². The molecule has 2 rings (SSSR count). The first kappa shape index (κ1) is 13.0. The highest BCUT2D eigenvalue weighted by molar-refractivity contribution is 9.10. The summed E-state index contributed by atoms with van der Waals surface area (Å²) in [5.74, 6) is -0.206. The zero-order chi connectivity index (χ0) is 12.3. The second kappa shape index (κ2) is 5.94. The number of halogens is 2. The summed E-state index contributed by atoms with van der Waals surface area (Å²) < 4.78 is 19.2. The van der Waals surface area contributed by atoms with E-state index in [9.17, 15) is 4.39 Å². The second-order valence-electron chi connectivity index (χ2n) is 4.36. The Hall–Kier alpha value is -0.450. The van der Waals surface area contributed by atoms with Crippen LogP contribution in [-0.4, -0.2) is 30.7 Å². The molecule has 94 valence electrons. The number of hydrogen-bond donors (Lipinski definition) is 0. The number of benzene rings is 1. The third-order valence-corrected chi connectivity index (χ3v) is 3.80. The molecule has 4 heteroatoms. The van der Waals surface area contributed by atoms with Gasteiger partial charge < -0.3 is 4.74 Å². The van der Waals surface area contributed by atoms with Gasteiger partial charge in [-0.2, -0.15) is 0 Å². The third-order valence-electron chi connectivity index (χ3n) is 3.19. The molecule has 0 spiro atoms. The Morgan fingerprint density at radius 1 is 1.53 bits per heavy atom. The molecule has 0 unspecified atom stereocenters. The van der Waals surface area contributed by atoms with Crippen molar-refractivity contribution >= 4 is 15.9 Å². The summed E-state index contributed by atoms with van der Waals surface area (Å²) in [5.41, 5.74) is 1.14. The molecular formula is C13H17BrFNO. The monoisotopic (exact) mass is 301 g/mol. The Bertz CT molecular complexity index is 386. The molecule has 17 heavy (non-hydrogen) atoms. The van der Waals surface area contributed by atoms with Crippen molar-refractivity contribution in [3.05, 3.63) is 34.1 Å². The maximum Gasteiger partial charge on any atom is 0.137 e. The molecular weight excluding hydrogens is 285 g/mol. The molecule has 1 heterocycles. The van der Waals surface area contributed by atoms with Gasteiger partial charge in [0.1, 0.15) is 5.82 Å². The van der Waals surface area contributed by atoms with Gasteiger partial charge in [-0.15, -0.1) is 0 Å². The van der Waals surface area contributed by atoms with E-state index in [-0.39, 0.29) is 5.82 Å². The molecule has 1 aliphatic heterocycles. The maximum atomic E-state index is 13.1. The summed E-state index contributed by atoms with van der Waals surface area (Å²) in [4.78, 5) is 2.41. The van der Waals surface area contributed by atoms with Crippen molar-refractivity contribution in [2.24, 2.45) is 0 Å². The lowest BCUT2D eigenvalue weighted by Gasteiger charge is -2.35. The topological polar surface area (TPSA) is 12.5 Å². The fourth-order valence-corrected chi connectivity index (χ4v) is 2.57. The van der Waals surface area contributed by atoms with Gasteiger partial charge in [0.2, 0.25) is 0 Å². The predicted molar refractivity (Wildman–Crippen MR) is 69.4 cm³/mol. The van der Waals surface area contributed by atoms with Crippen LogP contribution in [-0.2, 0) is 11.3 Å². The zero-order valence-electron chi connectivity index (χ0n) is 9.96.